The highest BCUT2D eigenvalue weighted by Gasteiger charge is 2.20. The smallest absolute Gasteiger partial charge is 0.0540 e. The molecule has 1 heteroatoms. The predicted octanol–water partition coefficient (Wildman–Crippen LogP) is 15.3. The van der Waals surface area contributed by atoms with Crippen molar-refractivity contribution >= 4 is 49.4 Å². The number of benzene rings is 10. The molecule has 0 saturated carbocycles. The Hall–Kier alpha value is -7.22. The summed E-state index contributed by atoms with van der Waals surface area (Å²) in [5.74, 6) is 0. The van der Waals surface area contributed by atoms with Crippen molar-refractivity contribution in [3.63, 3.8) is 0 Å². The fraction of sp³-hybridized carbons (Fsp3) is 0. The number of fused-ring (bicyclic) bond motifs is 4. The van der Waals surface area contributed by atoms with Crippen molar-refractivity contribution in [3.05, 3.63) is 224 Å². The summed E-state index contributed by atoms with van der Waals surface area (Å²) in [5.41, 5.74) is 13.0. The van der Waals surface area contributed by atoms with E-state index in [1.807, 2.05) is 0 Å². The molecule has 0 amide bonds. The van der Waals surface area contributed by atoms with E-state index >= 15 is 0 Å². The molecular weight excluding hydrogens is 663 g/mol. The Balaban J connectivity index is 1.13. The van der Waals surface area contributed by atoms with Crippen LogP contribution in [-0.2, 0) is 0 Å². The number of para-hydroxylation sites is 1. The van der Waals surface area contributed by atoms with E-state index in [-0.39, 0.29) is 0 Å². The molecule has 0 fully saturated rings. The molecule has 10 aromatic rings. The van der Waals surface area contributed by atoms with Crippen LogP contribution in [0.3, 0.4) is 0 Å². The van der Waals surface area contributed by atoms with Crippen LogP contribution in [0.25, 0.3) is 76.8 Å². The van der Waals surface area contributed by atoms with Gasteiger partial charge in [-0.15, -0.1) is 0 Å². The van der Waals surface area contributed by atoms with Gasteiger partial charge in [-0.1, -0.05) is 182 Å². The molecule has 10 aromatic carbocycles. The average Bonchev–Trinajstić information content (AvgIpc) is 3.27. The van der Waals surface area contributed by atoms with E-state index in [1.54, 1.807) is 0 Å². The van der Waals surface area contributed by atoms with Gasteiger partial charge in [-0.25, -0.2) is 0 Å². The summed E-state index contributed by atoms with van der Waals surface area (Å²) in [6, 6.07) is 81.4. The molecule has 0 heterocycles. The normalized spacial score (nSPS) is 11.3. The van der Waals surface area contributed by atoms with E-state index in [4.69, 9.17) is 0 Å². The summed E-state index contributed by atoms with van der Waals surface area (Å²) in [4.78, 5) is 2.41. The zero-order chi connectivity index (χ0) is 36.6. The molecule has 0 saturated heterocycles. The SMILES string of the molecule is c1ccc(-c2cccc(-c3ccc(N(c4ccc(-c5cccc6ccccc56)cc4)c4ccccc4-c4cc5ccccc5c5ccccc45)cc3)c2)cc1. The number of hydrogen-bond donors (Lipinski definition) is 0. The average molecular weight is 700 g/mol. The molecule has 0 N–H and O–H groups in total. The minimum Gasteiger partial charge on any atom is -0.310 e. The van der Waals surface area contributed by atoms with Gasteiger partial charge >= 0.3 is 0 Å². The van der Waals surface area contributed by atoms with Crippen molar-refractivity contribution in [3.8, 4) is 44.5 Å². The highest BCUT2D eigenvalue weighted by Crippen LogP contribution is 2.45. The van der Waals surface area contributed by atoms with Gasteiger partial charge in [-0.05, 0) is 114 Å². The molecule has 0 aliphatic heterocycles. The molecule has 0 aliphatic carbocycles. The fourth-order valence-corrected chi connectivity index (χ4v) is 8.18. The van der Waals surface area contributed by atoms with Gasteiger partial charge in [0.05, 0.1) is 5.69 Å². The maximum Gasteiger partial charge on any atom is 0.0540 e. The Morgan fingerprint density at radius 1 is 0.236 bits per heavy atom. The van der Waals surface area contributed by atoms with Crippen molar-refractivity contribution in [2.45, 2.75) is 0 Å². The Morgan fingerprint density at radius 3 is 1.47 bits per heavy atom. The Bertz CT molecular complexity index is 2950. The number of nitrogens with zero attached hydrogens (tertiary/aromatic N) is 1. The molecule has 258 valence electrons. The third-order valence-electron chi connectivity index (χ3n) is 10.9. The molecule has 0 aromatic heterocycles. The van der Waals surface area contributed by atoms with Gasteiger partial charge in [0.15, 0.2) is 0 Å². The Kier molecular flexibility index (Phi) is 8.24. The summed E-state index contributed by atoms with van der Waals surface area (Å²) >= 11 is 0. The van der Waals surface area contributed by atoms with E-state index in [0.29, 0.717) is 0 Å². The molecule has 1 nitrogen and oxygen atoms in total. The minimum atomic E-state index is 1.10. The highest BCUT2D eigenvalue weighted by molar-refractivity contribution is 6.15. The van der Waals surface area contributed by atoms with Crippen LogP contribution in [-0.4, -0.2) is 0 Å². The molecule has 0 spiro atoms. The van der Waals surface area contributed by atoms with E-state index in [9.17, 15) is 0 Å². The van der Waals surface area contributed by atoms with E-state index in [1.165, 1.54) is 76.8 Å². The van der Waals surface area contributed by atoms with Crippen LogP contribution in [0, 0.1) is 0 Å². The quantitative estimate of drug-likeness (QED) is 0.150. The second-order valence-corrected chi connectivity index (χ2v) is 14.1. The summed E-state index contributed by atoms with van der Waals surface area (Å²) in [7, 11) is 0. The Morgan fingerprint density at radius 2 is 0.727 bits per heavy atom. The molecule has 0 bridgehead atoms. The fourth-order valence-electron chi connectivity index (χ4n) is 8.18. The van der Waals surface area contributed by atoms with Crippen molar-refractivity contribution < 1.29 is 0 Å². The molecule has 0 aliphatic rings. The maximum absolute atomic E-state index is 2.41. The first-order chi connectivity index (χ1) is 27.3. The number of anilines is 3. The lowest BCUT2D eigenvalue weighted by Crippen LogP contribution is -2.11. The second-order valence-electron chi connectivity index (χ2n) is 14.1. The van der Waals surface area contributed by atoms with Crippen LogP contribution in [0.4, 0.5) is 17.1 Å². The van der Waals surface area contributed by atoms with Crippen LogP contribution in [0.5, 0.6) is 0 Å². The van der Waals surface area contributed by atoms with E-state index in [0.717, 1.165) is 17.1 Å². The molecule has 55 heavy (non-hydrogen) atoms. The third kappa shape index (κ3) is 6.02. The van der Waals surface area contributed by atoms with Gasteiger partial charge in [-0.2, -0.15) is 0 Å². The molecule has 10 rings (SSSR count). The monoisotopic (exact) mass is 699 g/mol. The van der Waals surface area contributed by atoms with Gasteiger partial charge in [0.25, 0.3) is 0 Å². The van der Waals surface area contributed by atoms with Crippen LogP contribution < -0.4 is 4.90 Å². The third-order valence-corrected chi connectivity index (χ3v) is 10.9. The van der Waals surface area contributed by atoms with E-state index in [2.05, 4.69) is 229 Å². The topological polar surface area (TPSA) is 3.24 Å². The van der Waals surface area contributed by atoms with Gasteiger partial charge in [0, 0.05) is 16.9 Å². The van der Waals surface area contributed by atoms with Crippen LogP contribution in [0.15, 0.2) is 224 Å². The summed E-state index contributed by atoms with van der Waals surface area (Å²) in [6.45, 7) is 0. The molecule has 0 atom stereocenters. The van der Waals surface area contributed by atoms with Gasteiger partial charge < -0.3 is 4.90 Å². The van der Waals surface area contributed by atoms with Gasteiger partial charge in [-0.3, -0.25) is 0 Å². The predicted molar refractivity (Wildman–Crippen MR) is 235 cm³/mol. The van der Waals surface area contributed by atoms with Crippen LogP contribution >= 0.6 is 0 Å². The van der Waals surface area contributed by atoms with Crippen molar-refractivity contribution in [1.82, 2.24) is 0 Å². The first-order valence-corrected chi connectivity index (χ1v) is 18.9. The largest absolute Gasteiger partial charge is 0.310 e. The lowest BCUT2D eigenvalue weighted by Gasteiger charge is -2.28. The molecular formula is C54H37N. The van der Waals surface area contributed by atoms with Gasteiger partial charge in [0.1, 0.15) is 0 Å². The zero-order valence-electron chi connectivity index (χ0n) is 30.3. The number of rotatable bonds is 7. The lowest BCUT2D eigenvalue weighted by molar-refractivity contribution is 1.28. The zero-order valence-corrected chi connectivity index (χ0v) is 30.3. The van der Waals surface area contributed by atoms with Crippen molar-refractivity contribution in [2.75, 3.05) is 4.90 Å². The minimum absolute atomic E-state index is 1.10. The van der Waals surface area contributed by atoms with Crippen LogP contribution in [0.1, 0.15) is 0 Å². The lowest BCUT2D eigenvalue weighted by atomic mass is 9.92. The summed E-state index contributed by atoms with van der Waals surface area (Å²) < 4.78 is 0. The van der Waals surface area contributed by atoms with Gasteiger partial charge in [0.2, 0.25) is 0 Å². The first-order valence-electron chi connectivity index (χ1n) is 18.9. The van der Waals surface area contributed by atoms with E-state index < -0.39 is 0 Å². The standard InChI is InChI=1S/C54H37N/c1-2-14-38(15-3-1)42-19-12-20-43(36-42)39-28-32-45(33-29-39)55(46-34-30-41(31-35-46)48-26-13-18-40-16-4-6-21-47(40)48)54-27-11-10-25-52(54)53-37-44-17-5-7-22-49(44)50-23-8-9-24-51(50)53/h1-37H. The highest BCUT2D eigenvalue weighted by atomic mass is 15.1. The second kappa shape index (κ2) is 14.0. The van der Waals surface area contributed by atoms with Crippen LogP contribution in [0.2, 0.25) is 0 Å². The molecule has 0 radical (unpaired) electrons. The maximum atomic E-state index is 2.41. The molecule has 0 unspecified atom stereocenters. The summed E-state index contributed by atoms with van der Waals surface area (Å²) in [5, 5.41) is 7.52. The van der Waals surface area contributed by atoms with Crippen molar-refractivity contribution in [2.24, 2.45) is 0 Å². The first kappa shape index (κ1) is 32.4. The summed E-state index contributed by atoms with van der Waals surface area (Å²) in [6.07, 6.45) is 0. The number of hydrogen-bond acceptors (Lipinski definition) is 1. The Labute approximate surface area is 322 Å². The van der Waals surface area contributed by atoms with Crippen molar-refractivity contribution in [1.29, 1.82) is 0 Å².